The molecule has 0 saturated heterocycles. The number of hydrogen-bond donors (Lipinski definition) is 1. The average molecular weight is 792 g/mol. The highest BCUT2D eigenvalue weighted by Crippen LogP contribution is 2.40. The topological polar surface area (TPSA) is 21.9 Å². The van der Waals surface area contributed by atoms with Gasteiger partial charge in [-0.3, -0.25) is 4.57 Å². The summed E-state index contributed by atoms with van der Waals surface area (Å²) in [5, 5.41) is 8.86. The lowest BCUT2D eigenvalue weighted by molar-refractivity contribution is 0.736. The number of para-hydroxylation sites is 2. The number of benzene rings is 9. The third-order valence-corrected chi connectivity index (χ3v) is 12.6. The molecule has 0 amide bonds. The summed E-state index contributed by atoms with van der Waals surface area (Å²) in [6.45, 7) is 0. The van der Waals surface area contributed by atoms with Gasteiger partial charge < -0.3 is 9.88 Å². The van der Waals surface area contributed by atoms with E-state index in [2.05, 4.69) is 251 Å². The van der Waals surface area contributed by atoms with Crippen LogP contribution in [0.4, 0.5) is 0 Å². The van der Waals surface area contributed by atoms with Gasteiger partial charge in [0.15, 0.2) is 0 Å². The van der Waals surface area contributed by atoms with Crippen LogP contribution in [0.3, 0.4) is 0 Å². The smallest absolute Gasteiger partial charge is 0.111 e. The molecule has 0 radical (unpaired) electrons. The fourth-order valence-corrected chi connectivity index (χ4v) is 9.52. The minimum Gasteiger partial charge on any atom is -0.361 e. The summed E-state index contributed by atoms with van der Waals surface area (Å²) >= 11 is 0. The summed E-state index contributed by atoms with van der Waals surface area (Å²) in [4.78, 5) is 0. The van der Waals surface area contributed by atoms with Crippen LogP contribution < -0.4 is 5.32 Å². The molecule has 12 rings (SSSR count). The summed E-state index contributed by atoms with van der Waals surface area (Å²) in [5.74, 6) is 1.05. The van der Waals surface area contributed by atoms with Crippen LogP contribution >= 0.6 is 0 Å². The predicted molar refractivity (Wildman–Crippen MR) is 261 cm³/mol. The molecule has 0 spiro atoms. The maximum absolute atomic E-state index is 3.92. The zero-order valence-electron chi connectivity index (χ0n) is 34.0. The molecule has 292 valence electrons. The van der Waals surface area contributed by atoms with E-state index < -0.39 is 0 Å². The van der Waals surface area contributed by atoms with Crippen molar-refractivity contribution in [3.63, 3.8) is 0 Å². The molecule has 3 heteroatoms. The van der Waals surface area contributed by atoms with E-state index >= 15 is 0 Å². The van der Waals surface area contributed by atoms with Crippen LogP contribution in [0.25, 0.3) is 99.6 Å². The zero-order chi connectivity index (χ0) is 41.0. The monoisotopic (exact) mass is 791 g/mol. The Balaban J connectivity index is 0.910. The first-order chi connectivity index (χ1) is 30.7. The van der Waals surface area contributed by atoms with E-state index in [1.54, 1.807) is 0 Å². The predicted octanol–water partition coefficient (Wildman–Crippen LogP) is 15.3. The molecule has 0 saturated carbocycles. The van der Waals surface area contributed by atoms with Gasteiger partial charge in [0, 0.05) is 27.2 Å². The minimum atomic E-state index is 0.0150. The molecule has 1 atom stereocenters. The lowest BCUT2D eigenvalue weighted by atomic mass is 9.96. The maximum atomic E-state index is 3.92. The fourth-order valence-electron chi connectivity index (χ4n) is 9.52. The van der Waals surface area contributed by atoms with Crippen molar-refractivity contribution >= 4 is 49.4 Å². The van der Waals surface area contributed by atoms with Crippen LogP contribution in [0.2, 0.25) is 0 Å². The van der Waals surface area contributed by atoms with Gasteiger partial charge >= 0.3 is 0 Å². The number of aromatic nitrogens is 2. The van der Waals surface area contributed by atoms with Crippen molar-refractivity contribution in [1.29, 1.82) is 0 Å². The Morgan fingerprint density at radius 2 is 0.758 bits per heavy atom. The third-order valence-electron chi connectivity index (χ3n) is 12.6. The van der Waals surface area contributed by atoms with Crippen LogP contribution in [0.15, 0.2) is 237 Å². The zero-order valence-corrected chi connectivity index (χ0v) is 34.0. The molecular formula is C59H41N3. The van der Waals surface area contributed by atoms with Gasteiger partial charge in [-0.25, -0.2) is 0 Å². The molecule has 1 aliphatic heterocycles. The van der Waals surface area contributed by atoms with Crippen molar-refractivity contribution in [3.05, 3.63) is 242 Å². The van der Waals surface area contributed by atoms with Crippen molar-refractivity contribution in [2.75, 3.05) is 0 Å². The second-order valence-corrected chi connectivity index (χ2v) is 16.2. The highest BCUT2D eigenvalue weighted by molar-refractivity contribution is 6.13. The van der Waals surface area contributed by atoms with Gasteiger partial charge in [-0.1, -0.05) is 170 Å². The number of hydrogen-bond acceptors (Lipinski definition) is 1. The van der Waals surface area contributed by atoms with Gasteiger partial charge in [-0.2, -0.15) is 0 Å². The molecule has 1 aliphatic rings. The summed E-state index contributed by atoms with van der Waals surface area (Å²) in [6, 6.07) is 79.4. The van der Waals surface area contributed by atoms with E-state index in [1.807, 2.05) is 0 Å². The summed E-state index contributed by atoms with van der Waals surface area (Å²) in [6.07, 6.45) is 6.64. The molecule has 0 aliphatic carbocycles. The van der Waals surface area contributed by atoms with Gasteiger partial charge in [0.1, 0.15) is 5.82 Å². The van der Waals surface area contributed by atoms with Crippen molar-refractivity contribution in [2.45, 2.75) is 6.04 Å². The van der Waals surface area contributed by atoms with Gasteiger partial charge in [0.05, 0.1) is 28.1 Å². The van der Waals surface area contributed by atoms with E-state index in [-0.39, 0.29) is 6.04 Å². The molecule has 0 bridgehead atoms. The lowest BCUT2D eigenvalue weighted by Crippen LogP contribution is -2.23. The van der Waals surface area contributed by atoms with Crippen molar-refractivity contribution < 1.29 is 0 Å². The standard InChI is InChI=1S/C59H41N3/c1-4-14-40(15-5-1)42-26-28-43(29-27-42)44-18-12-19-48(36-44)54-23-13-25-59(60-54)62-55-24-11-10-22-50(55)51-38-46(32-35-58(51)62)47-31-34-57-53(39-47)52-37-45(41-16-6-2-7-17-41)30-33-56(52)61(57)49-20-8-3-9-21-49/h1-39,54,60H. The second-order valence-electron chi connectivity index (χ2n) is 16.2. The molecule has 2 aromatic heterocycles. The molecule has 3 heterocycles. The Labute approximate surface area is 360 Å². The van der Waals surface area contributed by atoms with E-state index in [0.29, 0.717) is 0 Å². The van der Waals surface area contributed by atoms with Crippen molar-refractivity contribution in [3.8, 4) is 50.2 Å². The lowest BCUT2D eigenvalue weighted by Gasteiger charge is -2.24. The SMILES string of the molecule is C1=CC(c2cccc(-c3ccc(-c4ccccc4)cc3)c2)NC(n2c3ccccc3c3cc(-c4ccc5c(c4)c4cc(-c6ccccc6)ccc4n5-c4ccccc4)ccc32)=C1. The molecule has 62 heavy (non-hydrogen) atoms. The van der Waals surface area contributed by atoms with E-state index in [4.69, 9.17) is 0 Å². The van der Waals surface area contributed by atoms with Gasteiger partial charge in [-0.05, 0) is 117 Å². The Bertz CT molecular complexity index is 3520. The number of fused-ring (bicyclic) bond motifs is 6. The largest absolute Gasteiger partial charge is 0.361 e. The fraction of sp³-hybridized carbons (Fsp3) is 0.0169. The molecule has 1 unspecified atom stereocenters. The normalized spacial score (nSPS) is 13.8. The first-order valence-electron chi connectivity index (χ1n) is 21.4. The second kappa shape index (κ2) is 14.8. The number of dihydropyridines is 1. The maximum Gasteiger partial charge on any atom is 0.111 e. The summed E-state index contributed by atoms with van der Waals surface area (Å²) < 4.78 is 4.78. The van der Waals surface area contributed by atoms with Crippen LogP contribution in [-0.4, -0.2) is 9.13 Å². The third kappa shape index (κ3) is 6.14. The highest BCUT2D eigenvalue weighted by atomic mass is 15.2. The van der Waals surface area contributed by atoms with Crippen LogP contribution in [0, 0.1) is 0 Å². The van der Waals surface area contributed by atoms with Crippen LogP contribution in [-0.2, 0) is 0 Å². The number of nitrogens with one attached hydrogen (secondary N) is 1. The highest BCUT2D eigenvalue weighted by Gasteiger charge is 2.20. The Kier molecular flexibility index (Phi) is 8.57. The van der Waals surface area contributed by atoms with Crippen LogP contribution in [0.1, 0.15) is 11.6 Å². The Morgan fingerprint density at radius 3 is 1.40 bits per heavy atom. The molecule has 0 fully saturated rings. The Morgan fingerprint density at radius 1 is 0.323 bits per heavy atom. The number of nitrogens with zero attached hydrogens (tertiary/aromatic N) is 2. The summed E-state index contributed by atoms with van der Waals surface area (Å²) in [5.41, 5.74) is 16.8. The van der Waals surface area contributed by atoms with E-state index in [0.717, 1.165) is 11.5 Å². The van der Waals surface area contributed by atoms with Gasteiger partial charge in [0.2, 0.25) is 0 Å². The molecule has 9 aromatic carbocycles. The van der Waals surface area contributed by atoms with Gasteiger partial charge in [-0.15, -0.1) is 0 Å². The summed E-state index contributed by atoms with van der Waals surface area (Å²) in [7, 11) is 0. The first-order valence-corrected chi connectivity index (χ1v) is 21.4. The number of rotatable bonds is 7. The quantitative estimate of drug-likeness (QED) is 0.171. The molecular weight excluding hydrogens is 751 g/mol. The molecule has 11 aromatic rings. The van der Waals surface area contributed by atoms with E-state index in [9.17, 15) is 0 Å². The van der Waals surface area contributed by atoms with Crippen LogP contribution in [0.5, 0.6) is 0 Å². The molecule has 3 nitrogen and oxygen atoms in total. The minimum absolute atomic E-state index is 0.0150. The Hall–Kier alpha value is -8.14. The van der Waals surface area contributed by atoms with Gasteiger partial charge in [0.25, 0.3) is 0 Å². The van der Waals surface area contributed by atoms with E-state index in [1.165, 1.54) is 93.7 Å². The van der Waals surface area contributed by atoms with Crippen molar-refractivity contribution in [1.82, 2.24) is 14.5 Å². The molecule has 1 N–H and O–H groups in total. The number of allylic oxidation sites excluding steroid dienone is 2. The van der Waals surface area contributed by atoms with Crippen molar-refractivity contribution in [2.24, 2.45) is 0 Å². The first kappa shape index (κ1) is 35.8. The average Bonchev–Trinajstić information content (AvgIpc) is 3.87.